The Morgan fingerprint density at radius 1 is 1.23 bits per heavy atom. The maximum Gasteiger partial charge on any atom is 0.323 e. The molecule has 1 fully saturated rings. The molecule has 0 amide bonds. The highest BCUT2D eigenvalue weighted by Crippen LogP contribution is 2.50. The normalized spacial score (nSPS) is 21.2. The van der Waals surface area contributed by atoms with E-state index in [1.165, 1.54) is 14.2 Å². The smallest absolute Gasteiger partial charge is 0.323 e. The Morgan fingerprint density at radius 3 is 2.27 bits per heavy atom. The second-order valence-electron chi connectivity index (χ2n) is 5.57. The van der Waals surface area contributed by atoms with Crippen LogP contribution >= 0.6 is 0 Å². The van der Waals surface area contributed by atoms with Gasteiger partial charge in [-0.2, -0.15) is 0 Å². The lowest BCUT2D eigenvalue weighted by atomic mass is 9.83. The number of aliphatic hydroxyl groups excluding tert-OH is 1. The summed E-state index contributed by atoms with van der Waals surface area (Å²) in [6.45, 7) is 3.94. The molecule has 0 bridgehead atoms. The highest BCUT2D eigenvalue weighted by Gasteiger charge is 2.56. The number of ether oxygens (including phenoxy) is 2. The first-order valence-electron chi connectivity index (χ1n) is 7.04. The standard InChI is InChI=1S/C17H20O5/c1-11-9-17(15(19)21-2,16(20)22-3)10-13(11)14(18)12-7-5-4-6-8-12/h4-8,13-14,18H,1,9-10H2,2-3H3/t13-,14-/m0/s1. The van der Waals surface area contributed by atoms with Crippen molar-refractivity contribution in [1.29, 1.82) is 0 Å². The average molecular weight is 304 g/mol. The van der Waals surface area contributed by atoms with Crippen LogP contribution in [0.1, 0.15) is 24.5 Å². The number of hydrogen-bond acceptors (Lipinski definition) is 5. The van der Waals surface area contributed by atoms with Gasteiger partial charge in [-0.25, -0.2) is 0 Å². The fourth-order valence-electron chi connectivity index (χ4n) is 3.11. The molecule has 1 saturated carbocycles. The molecule has 118 valence electrons. The van der Waals surface area contributed by atoms with Gasteiger partial charge in [0.1, 0.15) is 0 Å². The maximum absolute atomic E-state index is 12.1. The minimum atomic E-state index is -1.42. The summed E-state index contributed by atoms with van der Waals surface area (Å²) in [7, 11) is 2.47. The van der Waals surface area contributed by atoms with Crippen LogP contribution < -0.4 is 0 Å². The maximum atomic E-state index is 12.1. The molecule has 1 aliphatic carbocycles. The lowest BCUT2D eigenvalue weighted by Gasteiger charge is -2.24. The van der Waals surface area contributed by atoms with Gasteiger partial charge >= 0.3 is 11.9 Å². The highest BCUT2D eigenvalue weighted by molar-refractivity contribution is 6.01. The van der Waals surface area contributed by atoms with Gasteiger partial charge in [0.05, 0.1) is 20.3 Å². The molecule has 0 radical (unpaired) electrons. The van der Waals surface area contributed by atoms with Gasteiger partial charge in [0, 0.05) is 5.92 Å². The number of methoxy groups -OCH3 is 2. The number of rotatable bonds is 4. The first kappa shape index (κ1) is 16.2. The van der Waals surface area contributed by atoms with Crippen LogP contribution in [0.25, 0.3) is 0 Å². The van der Waals surface area contributed by atoms with Crippen molar-refractivity contribution in [3.05, 3.63) is 48.0 Å². The van der Waals surface area contributed by atoms with Crippen molar-refractivity contribution >= 4 is 11.9 Å². The number of carbonyl (C=O) groups excluding carboxylic acids is 2. The van der Waals surface area contributed by atoms with Crippen molar-refractivity contribution in [1.82, 2.24) is 0 Å². The van der Waals surface area contributed by atoms with Gasteiger partial charge in [-0.15, -0.1) is 0 Å². The largest absolute Gasteiger partial charge is 0.468 e. The molecule has 22 heavy (non-hydrogen) atoms. The van der Waals surface area contributed by atoms with E-state index in [0.29, 0.717) is 5.57 Å². The second kappa shape index (κ2) is 6.32. The Labute approximate surface area is 129 Å². The van der Waals surface area contributed by atoms with E-state index in [1.807, 2.05) is 18.2 Å². The molecule has 5 heteroatoms. The molecule has 1 aliphatic rings. The van der Waals surface area contributed by atoms with Crippen LogP contribution in [0.2, 0.25) is 0 Å². The summed E-state index contributed by atoms with van der Waals surface area (Å²) in [5, 5.41) is 10.6. The van der Waals surface area contributed by atoms with Gasteiger partial charge in [-0.05, 0) is 18.4 Å². The molecular formula is C17H20O5. The van der Waals surface area contributed by atoms with E-state index >= 15 is 0 Å². The predicted octanol–water partition coefficient (Wildman–Crippen LogP) is 2.02. The molecule has 0 unspecified atom stereocenters. The van der Waals surface area contributed by atoms with E-state index in [9.17, 15) is 14.7 Å². The molecule has 1 N–H and O–H groups in total. The summed E-state index contributed by atoms with van der Waals surface area (Å²) in [4.78, 5) is 24.3. The molecule has 1 aromatic rings. The lowest BCUT2D eigenvalue weighted by molar-refractivity contribution is -0.169. The zero-order chi connectivity index (χ0) is 16.3. The monoisotopic (exact) mass is 304 g/mol. The summed E-state index contributed by atoms with van der Waals surface area (Å²) in [5.41, 5.74) is -0.0487. The van der Waals surface area contributed by atoms with Crippen LogP contribution in [0.5, 0.6) is 0 Å². The van der Waals surface area contributed by atoms with Gasteiger partial charge in [0.15, 0.2) is 5.41 Å². The van der Waals surface area contributed by atoms with Crippen molar-refractivity contribution in [3.63, 3.8) is 0 Å². The zero-order valence-corrected chi connectivity index (χ0v) is 12.7. The van der Waals surface area contributed by atoms with Crippen molar-refractivity contribution < 1.29 is 24.2 Å². The Bertz CT molecular complexity index is 562. The molecule has 1 aromatic carbocycles. The number of carbonyl (C=O) groups is 2. The van der Waals surface area contributed by atoms with E-state index < -0.39 is 29.4 Å². The van der Waals surface area contributed by atoms with Crippen LogP contribution in [0.15, 0.2) is 42.5 Å². The fourth-order valence-corrected chi connectivity index (χ4v) is 3.11. The summed E-state index contributed by atoms with van der Waals surface area (Å²) >= 11 is 0. The number of hydrogen-bond donors (Lipinski definition) is 1. The van der Waals surface area contributed by atoms with E-state index in [0.717, 1.165) is 5.56 Å². The average Bonchev–Trinajstić information content (AvgIpc) is 2.92. The minimum absolute atomic E-state index is 0.126. The molecule has 0 aliphatic heterocycles. The van der Waals surface area contributed by atoms with Gasteiger partial charge in [0.25, 0.3) is 0 Å². The molecule has 2 rings (SSSR count). The third-order valence-corrected chi connectivity index (χ3v) is 4.30. The molecule has 5 nitrogen and oxygen atoms in total. The van der Waals surface area contributed by atoms with E-state index in [-0.39, 0.29) is 12.8 Å². The molecule has 0 aromatic heterocycles. The Balaban J connectivity index is 2.32. The van der Waals surface area contributed by atoms with Gasteiger partial charge in [-0.3, -0.25) is 9.59 Å². The highest BCUT2D eigenvalue weighted by atomic mass is 16.5. The molecule has 2 atom stereocenters. The third kappa shape index (κ3) is 2.64. The summed E-state index contributed by atoms with van der Waals surface area (Å²) in [6.07, 6.45) is -0.577. The first-order chi connectivity index (χ1) is 10.5. The van der Waals surface area contributed by atoms with E-state index in [1.54, 1.807) is 12.1 Å². The van der Waals surface area contributed by atoms with E-state index in [4.69, 9.17) is 9.47 Å². The fraction of sp³-hybridized carbons (Fsp3) is 0.412. The van der Waals surface area contributed by atoms with Crippen molar-refractivity contribution in [2.24, 2.45) is 11.3 Å². The SMILES string of the molecule is C=C1CC(C(=O)OC)(C(=O)OC)C[C@@H]1[C@@H](O)c1ccccc1. The summed E-state index contributed by atoms with van der Waals surface area (Å²) < 4.78 is 9.56. The van der Waals surface area contributed by atoms with Crippen LogP contribution in [0, 0.1) is 11.3 Å². The number of aliphatic hydroxyl groups is 1. The van der Waals surface area contributed by atoms with E-state index in [2.05, 4.69) is 6.58 Å². The number of benzene rings is 1. The summed E-state index contributed by atoms with van der Waals surface area (Å²) in [5.74, 6) is -1.70. The van der Waals surface area contributed by atoms with Gasteiger partial charge in [0.2, 0.25) is 0 Å². The molecule has 0 saturated heterocycles. The Hall–Kier alpha value is -2.14. The Kier molecular flexibility index (Phi) is 4.66. The lowest BCUT2D eigenvalue weighted by Crippen LogP contribution is -2.39. The van der Waals surface area contributed by atoms with Crippen molar-refractivity contribution in [2.45, 2.75) is 18.9 Å². The second-order valence-corrected chi connectivity index (χ2v) is 5.57. The van der Waals surface area contributed by atoms with Crippen LogP contribution in [0.4, 0.5) is 0 Å². The quantitative estimate of drug-likeness (QED) is 0.523. The number of esters is 2. The molecule has 0 spiro atoms. The third-order valence-electron chi connectivity index (χ3n) is 4.30. The van der Waals surface area contributed by atoms with Gasteiger partial charge in [-0.1, -0.05) is 42.5 Å². The van der Waals surface area contributed by atoms with Gasteiger partial charge < -0.3 is 14.6 Å². The van der Waals surface area contributed by atoms with Crippen LogP contribution in [-0.2, 0) is 19.1 Å². The van der Waals surface area contributed by atoms with Crippen LogP contribution in [-0.4, -0.2) is 31.3 Å². The molecule has 0 heterocycles. The van der Waals surface area contributed by atoms with Crippen LogP contribution in [0.3, 0.4) is 0 Å². The van der Waals surface area contributed by atoms with Crippen molar-refractivity contribution in [3.8, 4) is 0 Å². The predicted molar refractivity (Wildman–Crippen MR) is 79.7 cm³/mol. The first-order valence-corrected chi connectivity index (χ1v) is 7.04. The topological polar surface area (TPSA) is 72.8 Å². The zero-order valence-electron chi connectivity index (χ0n) is 12.7. The summed E-state index contributed by atoms with van der Waals surface area (Å²) in [6, 6.07) is 9.10. The Morgan fingerprint density at radius 2 is 1.77 bits per heavy atom. The molecular weight excluding hydrogens is 284 g/mol. The minimum Gasteiger partial charge on any atom is -0.468 e. The van der Waals surface area contributed by atoms with Crippen molar-refractivity contribution in [2.75, 3.05) is 14.2 Å².